The molecule has 0 aliphatic rings. The largest absolute Gasteiger partial charge is 0.480 e. The summed E-state index contributed by atoms with van der Waals surface area (Å²) in [5.41, 5.74) is 16.9. The number of aliphatic hydroxyl groups excluding tert-OH is 1. The number of unbranched alkanes of at least 4 members (excludes halogenated alkanes) is 1. The standard InChI is InChI=1S/C31H53N11O10S/c1-15(2)24(31(51)52)42-25(45)16(3)37-29(49)21(10-17-11-35-14-36-17)40-28(48)20(7-8-23(34)44)39-27(47)19(6-4-5-9-32)38-30(50)22(12-43)41-26(46)18(33)13-53/h11,14-16,18-22,24,43,53H,4-10,12-13,32-33H2,1-3H3,(H2,34,44)(H,35,36)(H,37,49)(H,38,50)(H,39,47)(H,40,48)(H,41,46)(H,42,45)(H,51,52)/t16-,18-,19-,20-,21-,22-,24-/m0/s1. The summed E-state index contributed by atoms with van der Waals surface area (Å²) < 4.78 is 0. The van der Waals surface area contributed by atoms with E-state index in [-0.39, 0.29) is 38.0 Å². The number of amides is 7. The minimum atomic E-state index is -1.49. The van der Waals surface area contributed by atoms with Crippen LogP contribution in [0.5, 0.6) is 0 Å². The van der Waals surface area contributed by atoms with Gasteiger partial charge in [-0.25, -0.2) is 9.78 Å². The highest BCUT2D eigenvalue weighted by Gasteiger charge is 2.33. The molecule has 298 valence electrons. The monoisotopic (exact) mass is 771 g/mol. The van der Waals surface area contributed by atoms with Crippen molar-refractivity contribution in [3.63, 3.8) is 0 Å². The molecule has 0 saturated carbocycles. The van der Waals surface area contributed by atoms with Gasteiger partial charge in [0.15, 0.2) is 0 Å². The van der Waals surface area contributed by atoms with Crippen LogP contribution < -0.4 is 49.1 Å². The summed E-state index contributed by atoms with van der Waals surface area (Å²) >= 11 is 3.93. The summed E-state index contributed by atoms with van der Waals surface area (Å²) in [5.74, 6) is -7.76. The van der Waals surface area contributed by atoms with Crippen LogP contribution in [0.15, 0.2) is 12.5 Å². The molecule has 0 fully saturated rings. The Morgan fingerprint density at radius 1 is 0.792 bits per heavy atom. The molecule has 0 radical (unpaired) electrons. The van der Waals surface area contributed by atoms with Crippen LogP contribution in [0.1, 0.15) is 58.6 Å². The van der Waals surface area contributed by atoms with Crippen molar-refractivity contribution in [2.24, 2.45) is 23.1 Å². The molecule has 22 heteroatoms. The van der Waals surface area contributed by atoms with E-state index in [1.807, 2.05) is 0 Å². The average molecular weight is 772 g/mol. The molecule has 1 aromatic heterocycles. The van der Waals surface area contributed by atoms with Crippen LogP contribution in [-0.4, -0.2) is 129 Å². The van der Waals surface area contributed by atoms with Crippen LogP contribution in [0, 0.1) is 5.92 Å². The number of hydrogen-bond donors (Lipinski definition) is 13. The first-order valence-corrected chi connectivity index (χ1v) is 17.6. The zero-order chi connectivity index (χ0) is 40.2. The van der Waals surface area contributed by atoms with Gasteiger partial charge in [-0.2, -0.15) is 12.6 Å². The predicted octanol–water partition coefficient (Wildman–Crippen LogP) is -4.73. The highest BCUT2D eigenvalue weighted by atomic mass is 32.1. The third kappa shape index (κ3) is 16.6. The number of thiol groups is 1. The number of nitrogens with zero attached hydrogens (tertiary/aromatic N) is 1. The number of primary amides is 1. The number of aliphatic carboxylic acids is 1. The van der Waals surface area contributed by atoms with E-state index in [9.17, 15) is 48.6 Å². The maximum Gasteiger partial charge on any atom is 0.326 e. The third-order valence-corrected chi connectivity index (χ3v) is 8.23. The van der Waals surface area contributed by atoms with Gasteiger partial charge in [-0.15, -0.1) is 0 Å². The van der Waals surface area contributed by atoms with Gasteiger partial charge in [0.2, 0.25) is 41.4 Å². The van der Waals surface area contributed by atoms with Gasteiger partial charge in [0.1, 0.15) is 36.3 Å². The molecule has 15 N–H and O–H groups in total. The van der Waals surface area contributed by atoms with Gasteiger partial charge in [0.05, 0.1) is 19.0 Å². The second-order valence-corrected chi connectivity index (χ2v) is 13.0. The van der Waals surface area contributed by atoms with Gasteiger partial charge in [-0.3, -0.25) is 33.6 Å². The van der Waals surface area contributed by atoms with Crippen LogP contribution in [0.3, 0.4) is 0 Å². The molecule has 0 aliphatic heterocycles. The number of nitrogens with one attached hydrogen (secondary N) is 7. The summed E-state index contributed by atoms with van der Waals surface area (Å²) in [6, 6.07) is -9.22. The number of hydrogen-bond acceptors (Lipinski definition) is 13. The molecule has 0 saturated heterocycles. The maximum absolute atomic E-state index is 13.7. The van der Waals surface area contributed by atoms with Gasteiger partial charge >= 0.3 is 5.97 Å². The lowest BCUT2D eigenvalue weighted by Crippen LogP contribution is -2.60. The van der Waals surface area contributed by atoms with Crippen molar-refractivity contribution in [3.8, 4) is 0 Å². The van der Waals surface area contributed by atoms with Crippen molar-refractivity contribution >= 4 is 59.9 Å². The molecule has 7 atom stereocenters. The number of aliphatic hydroxyl groups is 1. The lowest BCUT2D eigenvalue weighted by molar-refractivity contribution is -0.143. The molecular weight excluding hydrogens is 718 g/mol. The van der Waals surface area contributed by atoms with E-state index in [0.717, 1.165) is 0 Å². The topological polar surface area (TPSA) is 356 Å². The van der Waals surface area contributed by atoms with Crippen molar-refractivity contribution in [3.05, 3.63) is 18.2 Å². The lowest BCUT2D eigenvalue weighted by atomic mass is 10.0. The normalized spacial score (nSPS) is 15.0. The first-order chi connectivity index (χ1) is 24.9. The van der Waals surface area contributed by atoms with Crippen LogP contribution in [0.4, 0.5) is 0 Å². The number of imidazole rings is 1. The zero-order valence-corrected chi connectivity index (χ0v) is 30.8. The van der Waals surface area contributed by atoms with Crippen LogP contribution >= 0.6 is 12.6 Å². The molecule has 0 unspecified atom stereocenters. The van der Waals surface area contributed by atoms with Gasteiger partial charge < -0.3 is 64.3 Å². The Morgan fingerprint density at radius 3 is 1.83 bits per heavy atom. The van der Waals surface area contributed by atoms with Crippen LogP contribution in [-0.2, 0) is 44.8 Å². The highest BCUT2D eigenvalue weighted by molar-refractivity contribution is 7.80. The van der Waals surface area contributed by atoms with E-state index in [4.69, 9.17) is 17.2 Å². The molecule has 1 aromatic rings. The molecule has 0 spiro atoms. The van der Waals surface area contributed by atoms with Crippen LogP contribution in [0.2, 0.25) is 0 Å². The Morgan fingerprint density at radius 2 is 1.34 bits per heavy atom. The lowest BCUT2D eigenvalue weighted by Gasteiger charge is -2.27. The Balaban J connectivity index is 3.28. The number of carbonyl (C=O) groups excluding carboxylic acids is 7. The Labute approximate surface area is 311 Å². The number of carboxylic acids is 1. The number of H-pyrrole nitrogens is 1. The van der Waals surface area contributed by atoms with Crippen LogP contribution in [0.25, 0.3) is 0 Å². The summed E-state index contributed by atoms with van der Waals surface area (Å²) in [4.78, 5) is 109. The third-order valence-electron chi connectivity index (χ3n) is 7.84. The predicted molar refractivity (Wildman–Crippen MR) is 192 cm³/mol. The van der Waals surface area contributed by atoms with Gasteiger partial charge in [-0.05, 0) is 45.1 Å². The Kier molecular flexibility index (Phi) is 20.7. The van der Waals surface area contributed by atoms with Crippen molar-refractivity contribution in [1.82, 2.24) is 41.9 Å². The number of nitrogens with two attached hydrogens (primary N) is 3. The van der Waals surface area contributed by atoms with Crippen molar-refractivity contribution in [2.45, 2.75) is 102 Å². The molecule has 1 rings (SSSR count). The fourth-order valence-electron chi connectivity index (χ4n) is 4.69. The Bertz CT molecular complexity index is 1400. The van der Waals surface area contributed by atoms with E-state index in [1.54, 1.807) is 13.8 Å². The SMILES string of the molecule is CC(C)[C@H](NC(=O)[C@H](C)NC(=O)[C@H](Cc1cnc[nH]1)NC(=O)[C@H](CCC(N)=O)NC(=O)[C@H](CCCCN)NC(=O)[C@H](CO)NC(=O)[C@@H](N)CS)C(=O)O. The zero-order valence-electron chi connectivity index (χ0n) is 29.9. The number of aromatic amines is 1. The van der Waals surface area contributed by atoms with E-state index >= 15 is 0 Å². The molecule has 0 bridgehead atoms. The highest BCUT2D eigenvalue weighted by Crippen LogP contribution is 2.08. The summed E-state index contributed by atoms with van der Waals surface area (Å²) in [6.07, 6.45) is 2.67. The first-order valence-electron chi connectivity index (χ1n) is 16.9. The minimum Gasteiger partial charge on any atom is -0.480 e. The average Bonchev–Trinajstić information content (AvgIpc) is 3.62. The molecule has 1 heterocycles. The molecule has 0 aliphatic carbocycles. The van der Waals surface area contributed by atoms with Crippen molar-refractivity contribution < 1.29 is 48.6 Å². The van der Waals surface area contributed by atoms with Gasteiger partial charge in [0.25, 0.3) is 0 Å². The smallest absolute Gasteiger partial charge is 0.326 e. The van der Waals surface area contributed by atoms with E-state index in [2.05, 4.69) is 54.5 Å². The first kappa shape index (κ1) is 46.2. The molecular formula is C31H53N11O10S. The second-order valence-electron chi connectivity index (χ2n) is 12.6. The van der Waals surface area contributed by atoms with Crippen molar-refractivity contribution in [1.29, 1.82) is 0 Å². The second kappa shape index (κ2) is 23.7. The van der Waals surface area contributed by atoms with Gasteiger partial charge in [0, 0.05) is 30.5 Å². The van der Waals surface area contributed by atoms with E-state index < -0.39 is 102 Å². The fourth-order valence-corrected chi connectivity index (χ4v) is 4.85. The summed E-state index contributed by atoms with van der Waals surface area (Å²) in [5, 5.41) is 33.7. The number of carbonyl (C=O) groups is 8. The van der Waals surface area contributed by atoms with Crippen molar-refractivity contribution in [2.75, 3.05) is 18.9 Å². The quantitative estimate of drug-likeness (QED) is 0.0329. The summed E-state index contributed by atoms with van der Waals surface area (Å²) in [7, 11) is 0. The molecule has 21 nitrogen and oxygen atoms in total. The maximum atomic E-state index is 13.7. The summed E-state index contributed by atoms with van der Waals surface area (Å²) in [6.45, 7) is 3.93. The minimum absolute atomic E-state index is 0.0194. The van der Waals surface area contributed by atoms with E-state index in [1.165, 1.54) is 19.4 Å². The Hall–Kier alpha value is -4.80. The van der Waals surface area contributed by atoms with Gasteiger partial charge in [-0.1, -0.05) is 13.8 Å². The number of aromatic nitrogens is 2. The van der Waals surface area contributed by atoms with E-state index in [0.29, 0.717) is 18.5 Å². The molecule has 7 amide bonds. The fraction of sp³-hybridized carbons (Fsp3) is 0.645. The number of carboxylic acid groups (broad SMARTS) is 1. The molecule has 0 aromatic carbocycles. The number of rotatable bonds is 25. The molecule has 53 heavy (non-hydrogen) atoms.